The number of amides is 1. The molecule has 5 heteroatoms. The van der Waals surface area contributed by atoms with Gasteiger partial charge in [-0.05, 0) is 34.6 Å². The lowest BCUT2D eigenvalue weighted by atomic mass is 9.87. The van der Waals surface area contributed by atoms with Gasteiger partial charge in [-0.15, -0.1) is 11.3 Å². The number of thiophene rings is 1. The Labute approximate surface area is 141 Å². The summed E-state index contributed by atoms with van der Waals surface area (Å²) in [5.74, 6) is 0.410. The third-order valence-corrected chi connectivity index (χ3v) is 4.43. The molecule has 0 aliphatic rings. The maximum absolute atomic E-state index is 11.8. The molecule has 0 radical (unpaired) electrons. The molecule has 2 rings (SSSR count). The summed E-state index contributed by atoms with van der Waals surface area (Å²) in [6.45, 7) is 6.57. The first-order valence-electron chi connectivity index (χ1n) is 7.58. The average molecular weight is 333 g/mol. The largest absolute Gasteiger partial charge is 0.484 e. The van der Waals surface area contributed by atoms with E-state index in [1.807, 2.05) is 41.8 Å². The van der Waals surface area contributed by atoms with Crippen molar-refractivity contribution in [3.8, 4) is 5.75 Å². The van der Waals surface area contributed by atoms with Crippen molar-refractivity contribution in [3.63, 3.8) is 0 Å². The van der Waals surface area contributed by atoms with Gasteiger partial charge in [0.05, 0.1) is 0 Å². The van der Waals surface area contributed by atoms with Gasteiger partial charge in [-0.1, -0.05) is 39.0 Å². The molecular formula is C18H23NO3S. The Bertz CT molecular complexity index is 615. The van der Waals surface area contributed by atoms with E-state index in [9.17, 15) is 9.90 Å². The lowest BCUT2D eigenvalue weighted by Crippen LogP contribution is -2.32. The predicted molar refractivity (Wildman–Crippen MR) is 92.9 cm³/mol. The number of aliphatic hydroxyl groups is 1. The van der Waals surface area contributed by atoms with Crippen molar-refractivity contribution in [2.75, 3.05) is 13.2 Å². The van der Waals surface area contributed by atoms with Crippen LogP contribution < -0.4 is 10.1 Å². The van der Waals surface area contributed by atoms with E-state index in [0.29, 0.717) is 5.75 Å². The number of benzene rings is 1. The van der Waals surface area contributed by atoms with Gasteiger partial charge in [-0.3, -0.25) is 4.79 Å². The van der Waals surface area contributed by atoms with Crippen molar-refractivity contribution in [3.05, 3.63) is 52.2 Å². The number of hydrogen-bond acceptors (Lipinski definition) is 4. The van der Waals surface area contributed by atoms with E-state index in [1.54, 1.807) is 0 Å². The second kappa shape index (κ2) is 7.62. The van der Waals surface area contributed by atoms with E-state index in [-0.39, 0.29) is 24.5 Å². The van der Waals surface area contributed by atoms with E-state index < -0.39 is 6.10 Å². The van der Waals surface area contributed by atoms with Crippen LogP contribution in [-0.2, 0) is 10.2 Å². The number of nitrogens with one attached hydrogen (secondary N) is 1. The molecule has 0 aliphatic carbocycles. The van der Waals surface area contributed by atoms with Gasteiger partial charge in [0.2, 0.25) is 0 Å². The number of carbonyl (C=O) groups is 1. The van der Waals surface area contributed by atoms with Crippen molar-refractivity contribution in [2.24, 2.45) is 0 Å². The quantitative estimate of drug-likeness (QED) is 0.853. The molecule has 2 aromatic rings. The summed E-state index contributed by atoms with van der Waals surface area (Å²) < 4.78 is 5.47. The first-order valence-corrected chi connectivity index (χ1v) is 8.46. The fourth-order valence-electron chi connectivity index (χ4n) is 2.04. The highest BCUT2D eigenvalue weighted by Crippen LogP contribution is 2.24. The van der Waals surface area contributed by atoms with Gasteiger partial charge in [0.15, 0.2) is 6.61 Å². The third-order valence-electron chi connectivity index (χ3n) is 3.45. The zero-order valence-corrected chi connectivity index (χ0v) is 14.5. The third kappa shape index (κ3) is 5.37. The number of aliphatic hydroxyl groups excluding tert-OH is 1. The van der Waals surface area contributed by atoms with Gasteiger partial charge in [-0.25, -0.2) is 0 Å². The summed E-state index contributed by atoms with van der Waals surface area (Å²) >= 11 is 1.46. The van der Waals surface area contributed by atoms with Crippen LogP contribution in [0.2, 0.25) is 0 Å². The van der Waals surface area contributed by atoms with Crippen molar-refractivity contribution >= 4 is 17.2 Å². The van der Waals surface area contributed by atoms with Crippen LogP contribution in [-0.4, -0.2) is 24.2 Å². The average Bonchev–Trinajstić information content (AvgIpc) is 3.04. The van der Waals surface area contributed by atoms with Crippen molar-refractivity contribution in [1.29, 1.82) is 0 Å². The van der Waals surface area contributed by atoms with E-state index in [0.717, 1.165) is 4.88 Å². The van der Waals surface area contributed by atoms with Crippen molar-refractivity contribution in [2.45, 2.75) is 32.3 Å². The lowest BCUT2D eigenvalue weighted by molar-refractivity contribution is -0.123. The monoisotopic (exact) mass is 333 g/mol. The zero-order chi connectivity index (χ0) is 16.9. The van der Waals surface area contributed by atoms with E-state index >= 15 is 0 Å². The van der Waals surface area contributed by atoms with Crippen LogP contribution in [0, 0.1) is 0 Å². The molecular weight excluding hydrogens is 310 g/mol. The molecule has 2 N–H and O–H groups in total. The topological polar surface area (TPSA) is 58.6 Å². The highest BCUT2D eigenvalue weighted by molar-refractivity contribution is 7.10. The van der Waals surface area contributed by atoms with Gasteiger partial charge in [-0.2, -0.15) is 0 Å². The predicted octanol–water partition coefficient (Wildman–Crippen LogP) is 3.27. The summed E-state index contributed by atoms with van der Waals surface area (Å²) in [6, 6.07) is 11.5. The summed E-state index contributed by atoms with van der Waals surface area (Å²) in [6.07, 6.45) is -0.676. The number of carbonyl (C=O) groups excluding carboxylic acids is 1. The van der Waals surface area contributed by atoms with E-state index in [2.05, 4.69) is 26.1 Å². The minimum atomic E-state index is -0.676. The highest BCUT2D eigenvalue weighted by atomic mass is 32.1. The molecule has 0 bridgehead atoms. The van der Waals surface area contributed by atoms with Crippen LogP contribution in [0.3, 0.4) is 0 Å². The summed E-state index contributed by atoms with van der Waals surface area (Å²) in [4.78, 5) is 12.6. The maximum Gasteiger partial charge on any atom is 0.258 e. The Morgan fingerprint density at radius 1 is 1.26 bits per heavy atom. The van der Waals surface area contributed by atoms with E-state index in [1.165, 1.54) is 16.9 Å². The second-order valence-corrected chi connectivity index (χ2v) is 7.38. The molecule has 1 aromatic carbocycles. The fraction of sp³-hybridized carbons (Fsp3) is 0.389. The van der Waals surface area contributed by atoms with Crippen LogP contribution in [0.4, 0.5) is 0 Å². The van der Waals surface area contributed by atoms with Crippen LogP contribution in [0.1, 0.15) is 37.3 Å². The number of ether oxygens (including phenoxy) is 1. The normalized spacial score (nSPS) is 12.7. The van der Waals surface area contributed by atoms with Crippen LogP contribution in [0.5, 0.6) is 5.75 Å². The van der Waals surface area contributed by atoms with Gasteiger partial charge in [0.1, 0.15) is 11.9 Å². The first-order chi connectivity index (χ1) is 10.9. The smallest absolute Gasteiger partial charge is 0.258 e. The summed E-state index contributed by atoms with van der Waals surface area (Å²) in [5, 5.41) is 14.5. The molecule has 1 unspecified atom stereocenters. The Kier molecular flexibility index (Phi) is 5.80. The van der Waals surface area contributed by atoms with Crippen LogP contribution >= 0.6 is 11.3 Å². The number of hydrogen-bond donors (Lipinski definition) is 2. The maximum atomic E-state index is 11.8. The molecule has 0 saturated carbocycles. The first kappa shape index (κ1) is 17.5. The van der Waals surface area contributed by atoms with E-state index in [4.69, 9.17) is 4.74 Å². The molecule has 1 heterocycles. The van der Waals surface area contributed by atoms with Gasteiger partial charge in [0, 0.05) is 11.4 Å². The van der Waals surface area contributed by atoms with Gasteiger partial charge >= 0.3 is 0 Å². The molecule has 0 fully saturated rings. The minimum absolute atomic E-state index is 0.0635. The number of rotatable bonds is 6. The molecule has 1 amide bonds. The van der Waals surface area contributed by atoms with Crippen LogP contribution in [0.25, 0.3) is 0 Å². The van der Waals surface area contributed by atoms with Crippen LogP contribution in [0.15, 0.2) is 41.8 Å². The SMILES string of the molecule is CC(C)(C)c1ccc(OCC(=O)NCC(O)c2cccs2)cc1. The molecule has 1 aromatic heterocycles. The van der Waals surface area contributed by atoms with Crippen molar-refractivity contribution < 1.29 is 14.6 Å². The molecule has 0 aliphatic heterocycles. The van der Waals surface area contributed by atoms with Gasteiger partial charge < -0.3 is 15.2 Å². The molecule has 1 atom stereocenters. The highest BCUT2D eigenvalue weighted by Gasteiger charge is 2.13. The second-order valence-electron chi connectivity index (χ2n) is 6.40. The van der Waals surface area contributed by atoms with Gasteiger partial charge in [0.25, 0.3) is 5.91 Å². The molecule has 0 saturated heterocycles. The van der Waals surface area contributed by atoms with Crippen molar-refractivity contribution in [1.82, 2.24) is 5.32 Å². The molecule has 0 spiro atoms. The standard InChI is InChI=1S/C18H23NO3S/c1-18(2,3)13-6-8-14(9-7-13)22-12-17(21)19-11-15(20)16-5-4-10-23-16/h4-10,15,20H,11-12H2,1-3H3,(H,19,21). The molecule has 4 nitrogen and oxygen atoms in total. The summed E-state index contributed by atoms with van der Waals surface area (Å²) in [5.41, 5.74) is 1.31. The summed E-state index contributed by atoms with van der Waals surface area (Å²) in [7, 11) is 0. The lowest BCUT2D eigenvalue weighted by Gasteiger charge is -2.19. The Balaban J connectivity index is 1.76. The Morgan fingerprint density at radius 3 is 2.52 bits per heavy atom. The minimum Gasteiger partial charge on any atom is -0.484 e. The molecule has 124 valence electrons. The molecule has 23 heavy (non-hydrogen) atoms. The Hall–Kier alpha value is -1.85. The fourth-order valence-corrected chi connectivity index (χ4v) is 2.75. The Morgan fingerprint density at radius 2 is 1.96 bits per heavy atom. The zero-order valence-electron chi connectivity index (χ0n) is 13.7.